The minimum atomic E-state index is -0.135. The van der Waals surface area contributed by atoms with E-state index in [4.69, 9.17) is 9.72 Å². The summed E-state index contributed by atoms with van der Waals surface area (Å²) >= 11 is 0. The van der Waals surface area contributed by atoms with E-state index in [-0.39, 0.29) is 5.91 Å². The van der Waals surface area contributed by atoms with Crippen LogP contribution in [0, 0.1) is 13.8 Å². The van der Waals surface area contributed by atoms with Gasteiger partial charge in [-0.05, 0) is 67.7 Å². The fourth-order valence-electron chi connectivity index (χ4n) is 3.91. The molecule has 1 N–H and O–H groups in total. The number of carbonyl (C=O) groups is 1. The average molecular weight is 454 g/mol. The number of ether oxygens (including phenoxy) is 1. The summed E-state index contributed by atoms with van der Waals surface area (Å²) in [6.45, 7) is 6.07. The number of carbonyl (C=O) groups excluding carboxylic acids is 1. The minimum absolute atomic E-state index is 0.135. The summed E-state index contributed by atoms with van der Waals surface area (Å²) in [5, 5.41) is 2.97. The molecule has 0 saturated heterocycles. The molecule has 0 unspecified atom stereocenters. The lowest BCUT2D eigenvalue weighted by molar-refractivity contribution is -0.116. The van der Waals surface area contributed by atoms with Crippen LogP contribution in [0.2, 0.25) is 0 Å². The van der Waals surface area contributed by atoms with Crippen molar-refractivity contribution in [1.29, 1.82) is 0 Å². The highest BCUT2D eigenvalue weighted by Gasteiger charge is 2.11. The fraction of sp³-hybridized carbons (Fsp3) is 0.241. The third-order valence-electron chi connectivity index (χ3n) is 5.97. The normalized spacial score (nSPS) is 11.2. The number of hydrogen-bond acceptors (Lipinski definition) is 3. The van der Waals surface area contributed by atoms with Gasteiger partial charge in [-0.15, -0.1) is 0 Å². The van der Waals surface area contributed by atoms with E-state index in [1.165, 1.54) is 11.1 Å². The molecular weight excluding hydrogens is 422 g/mol. The van der Waals surface area contributed by atoms with Crippen LogP contribution in [0.15, 0.2) is 78.9 Å². The van der Waals surface area contributed by atoms with Crippen molar-refractivity contribution in [2.24, 2.45) is 0 Å². The molecule has 1 amide bonds. The monoisotopic (exact) mass is 453 g/mol. The van der Waals surface area contributed by atoms with Crippen molar-refractivity contribution in [3.63, 3.8) is 0 Å². The fourth-order valence-corrected chi connectivity index (χ4v) is 3.91. The van der Waals surface area contributed by atoms with Crippen LogP contribution >= 0.6 is 0 Å². The standard InChI is InChI=1S/C29H31N3O2/c1-22-11-10-16-27(23(22)2)34-20-9-8-19-32-26-15-7-6-14-25(26)31-28(32)21-30-29(33)18-17-24-12-4-3-5-13-24/h3-7,10-18H,8-9,19-21H2,1-2H3,(H,30,33)/b18-17-. The molecule has 5 nitrogen and oxygen atoms in total. The van der Waals surface area contributed by atoms with E-state index < -0.39 is 0 Å². The largest absolute Gasteiger partial charge is 0.493 e. The smallest absolute Gasteiger partial charge is 0.244 e. The predicted octanol–water partition coefficient (Wildman–Crippen LogP) is 5.84. The molecule has 174 valence electrons. The summed E-state index contributed by atoms with van der Waals surface area (Å²) in [6, 6.07) is 24.1. The Morgan fingerprint density at radius 1 is 0.971 bits per heavy atom. The first-order valence-corrected chi connectivity index (χ1v) is 11.8. The molecule has 1 aromatic heterocycles. The maximum absolute atomic E-state index is 12.4. The van der Waals surface area contributed by atoms with Gasteiger partial charge in [0.25, 0.3) is 0 Å². The lowest BCUT2D eigenvalue weighted by Gasteiger charge is -2.12. The van der Waals surface area contributed by atoms with Crippen molar-refractivity contribution < 1.29 is 9.53 Å². The summed E-state index contributed by atoms with van der Waals surface area (Å²) < 4.78 is 8.21. The van der Waals surface area contributed by atoms with Gasteiger partial charge in [0.2, 0.25) is 5.91 Å². The number of nitrogens with one attached hydrogen (secondary N) is 1. The zero-order valence-corrected chi connectivity index (χ0v) is 19.8. The Kier molecular flexibility index (Phi) is 7.76. The van der Waals surface area contributed by atoms with Gasteiger partial charge in [-0.2, -0.15) is 0 Å². The summed E-state index contributed by atoms with van der Waals surface area (Å²) in [4.78, 5) is 17.1. The van der Waals surface area contributed by atoms with Crippen molar-refractivity contribution in [3.8, 4) is 5.75 Å². The molecule has 1 heterocycles. The summed E-state index contributed by atoms with van der Waals surface area (Å²) in [5.41, 5.74) is 5.46. The molecule has 0 aliphatic rings. The van der Waals surface area contributed by atoms with Gasteiger partial charge in [0.05, 0.1) is 24.2 Å². The van der Waals surface area contributed by atoms with E-state index in [1.54, 1.807) is 6.08 Å². The van der Waals surface area contributed by atoms with E-state index in [9.17, 15) is 4.79 Å². The quantitative estimate of drug-likeness (QED) is 0.242. The van der Waals surface area contributed by atoms with Crippen LogP contribution in [0.1, 0.15) is 35.4 Å². The van der Waals surface area contributed by atoms with Crippen molar-refractivity contribution in [3.05, 3.63) is 101 Å². The molecule has 0 radical (unpaired) electrons. The van der Waals surface area contributed by atoms with Crippen LogP contribution in [-0.4, -0.2) is 22.1 Å². The number of aromatic nitrogens is 2. The number of amides is 1. The number of aryl methyl sites for hydroxylation is 2. The molecule has 0 bridgehead atoms. The highest BCUT2D eigenvalue weighted by atomic mass is 16.5. The Labute approximate surface area is 201 Å². The van der Waals surface area contributed by atoms with E-state index in [0.717, 1.165) is 47.6 Å². The molecule has 0 saturated carbocycles. The lowest BCUT2D eigenvalue weighted by atomic mass is 10.1. The first-order chi connectivity index (χ1) is 16.6. The molecule has 3 aromatic carbocycles. The molecule has 4 aromatic rings. The minimum Gasteiger partial charge on any atom is -0.493 e. The Bertz CT molecular complexity index is 1280. The second kappa shape index (κ2) is 11.3. The summed E-state index contributed by atoms with van der Waals surface area (Å²) in [7, 11) is 0. The van der Waals surface area contributed by atoms with Gasteiger partial charge in [0, 0.05) is 12.6 Å². The van der Waals surface area contributed by atoms with E-state index in [0.29, 0.717) is 13.2 Å². The number of nitrogens with zero attached hydrogens (tertiary/aromatic N) is 2. The molecule has 4 rings (SSSR count). The molecular formula is C29H31N3O2. The van der Waals surface area contributed by atoms with Crippen molar-refractivity contribution >= 4 is 23.0 Å². The highest BCUT2D eigenvalue weighted by Crippen LogP contribution is 2.21. The van der Waals surface area contributed by atoms with Gasteiger partial charge >= 0.3 is 0 Å². The van der Waals surface area contributed by atoms with Gasteiger partial charge in [0.15, 0.2) is 0 Å². The van der Waals surface area contributed by atoms with Crippen LogP contribution in [0.4, 0.5) is 0 Å². The third-order valence-corrected chi connectivity index (χ3v) is 5.97. The second-order valence-corrected chi connectivity index (χ2v) is 8.38. The number of hydrogen-bond donors (Lipinski definition) is 1. The predicted molar refractivity (Wildman–Crippen MR) is 138 cm³/mol. The Balaban J connectivity index is 1.34. The van der Waals surface area contributed by atoms with E-state index in [1.807, 2.05) is 66.7 Å². The number of benzene rings is 3. The molecule has 0 spiro atoms. The van der Waals surface area contributed by atoms with Crippen LogP contribution in [0.3, 0.4) is 0 Å². The number of fused-ring (bicyclic) bond motifs is 1. The molecule has 0 aliphatic carbocycles. The molecule has 0 fully saturated rings. The number of para-hydroxylation sites is 2. The highest BCUT2D eigenvalue weighted by molar-refractivity contribution is 5.91. The van der Waals surface area contributed by atoms with Crippen molar-refractivity contribution in [1.82, 2.24) is 14.9 Å². The lowest BCUT2D eigenvalue weighted by Crippen LogP contribution is -2.22. The average Bonchev–Trinajstić information content (AvgIpc) is 3.22. The van der Waals surface area contributed by atoms with Crippen LogP contribution < -0.4 is 10.1 Å². The molecule has 0 aliphatic heterocycles. The Morgan fingerprint density at radius 3 is 2.62 bits per heavy atom. The zero-order chi connectivity index (χ0) is 23.8. The Morgan fingerprint density at radius 2 is 1.76 bits per heavy atom. The van der Waals surface area contributed by atoms with Gasteiger partial charge in [-0.3, -0.25) is 4.79 Å². The van der Waals surface area contributed by atoms with Crippen LogP contribution in [-0.2, 0) is 17.9 Å². The number of imidazole rings is 1. The molecule has 0 atom stereocenters. The zero-order valence-electron chi connectivity index (χ0n) is 19.8. The van der Waals surface area contributed by atoms with Crippen molar-refractivity contribution in [2.45, 2.75) is 39.8 Å². The first kappa shape index (κ1) is 23.3. The van der Waals surface area contributed by atoms with Crippen LogP contribution in [0.25, 0.3) is 17.1 Å². The number of rotatable bonds is 10. The third kappa shape index (κ3) is 5.93. The summed E-state index contributed by atoms with van der Waals surface area (Å²) in [6.07, 6.45) is 5.27. The van der Waals surface area contributed by atoms with Gasteiger partial charge in [-0.25, -0.2) is 4.98 Å². The maximum Gasteiger partial charge on any atom is 0.244 e. The number of unbranched alkanes of at least 4 members (excludes halogenated alkanes) is 1. The maximum atomic E-state index is 12.4. The Hall–Kier alpha value is -3.86. The van der Waals surface area contributed by atoms with E-state index in [2.05, 4.69) is 35.9 Å². The second-order valence-electron chi connectivity index (χ2n) is 8.38. The van der Waals surface area contributed by atoms with Gasteiger partial charge in [0.1, 0.15) is 11.6 Å². The molecule has 5 heteroatoms. The van der Waals surface area contributed by atoms with Gasteiger partial charge in [-0.1, -0.05) is 54.6 Å². The van der Waals surface area contributed by atoms with Crippen molar-refractivity contribution in [2.75, 3.05) is 6.61 Å². The summed E-state index contributed by atoms with van der Waals surface area (Å²) in [5.74, 6) is 1.68. The molecule has 34 heavy (non-hydrogen) atoms. The topological polar surface area (TPSA) is 56.1 Å². The van der Waals surface area contributed by atoms with Gasteiger partial charge < -0.3 is 14.6 Å². The first-order valence-electron chi connectivity index (χ1n) is 11.8. The SMILES string of the molecule is Cc1cccc(OCCCCn2c(CNC(=O)/C=C\c3ccccc3)nc3ccccc32)c1C. The van der Waals surface area contributed by atoms with E-state index >= 15 is 0 Å². The van der Waals surface area contributed by atoms with Crippen LogP contribution in [0.5, 0.6) is 5.75 Å².